The van der Waals surface area contributed by atoms with Crippen LogP contribution in [0.1, 0.15) is 42.1 Å². The Kier molecular flexibility index (Phi) is 8.85. The molecule has 114 valence electrons. The number of nitrogens with zero attached hydrogens (tertiary/aromatic N) is 1. The average molecular weight is 290 g/mol. The van der Waals surface area contributed by atoms with Crippen LogP contribution in [0.5, 0.6) is 0 Å². The molecule has 0 bridgehead atoms. The molecule has 1 aromatic heterocycles. The van der Waals surface area contributed by atoms with Crippen LogP contribution in [0.2, 0.25) is 0 Å². The number of amides is 1. The number of aromatic nitrogens is 1. The van der Waals surface area contributed by atoms with E-state index in [1.54, 1.807) is 12.3 Å². The second-order valence-electron chi connectivity index (χ2n) is 4.46. The first-order valence-electron chi connectivity index (χ1n) is 7.19. The fourth-order valence-corrected chi connectivity index (χ4v) is 1.65. The Morgan fingerprint density at radius 2 is 2.24 bits per heavy atom. The van der Waals surface area contributed by atoms with E-state index in [4.69, 9.17) is 9.84 Å². The van der Waals surface area contributed by atoms with Gasteiger partial charge in [0.05, 0.1) is 11.1 Å². The minimum atomic E-state index is -0.245. The first-order valence-corrected chi connectivity index (χ1v) is 7.19. The standard InChI is InChI=1S/C16H22N2O3/c1-2-3-11-21-12-5-8-18-16(20)15-7-9-17-13-14(15)6-4-10-19/h7,9,13,19H,2-3,5,8,10-12H2,1H3,(H,18,20). The highest BCUT2D eigenvalue weighted by molar-refractivity contribution is 5.96. The summed E-state index contributed by atoms with van der Waals surface area (Å²) in [5.41, 5.74) is 0.987. The van der Waals surface area contributed by atoms with Crippen molar-refractivity contribution in [3.63, 3.8) is 0 Å². The Hall–Kier alpha value is -1.90. The lowest BCUT2D eigenvalue weighted by atomic mass is 10.1. The maximum atomic E-state index is 12.1. The molecule has 0 aliphatic carbocycles. The van der Waals surface area contributed by atoms with Crippen molar-refractivity contribution in [1.82, 2.24) is 10.3 Å². The van der Waals surface area contributed by atoms with Crippen LogP contribution in [0, 0.1) is 11.8 Å². The van der Waals surface area contributed by atoms with Gasteiger partial charge in [-0.25, -0.2) is 0 Å². The topological polar surface area (TPSA) is 71.5 Å². The van der Waals surface area contributed by atoms with Crippen molar-refractivity contribution < 1.29 is 14.6 Å². The van der Waals surface area contributed by atoms with Crippen molar-refractivity contribution >= 4 is 5.91 Å². The van der Waals surface area contributed by atoms with Gasteiger partial charge in [-0.3, -0.25) is 9.78 Å². The highest BCUT2D eigenvalue weighted by Gasteiger charge is 2.09. The van der Waals surface area contributed by atoms with Gasteiger partial charge >= 0.3 is 0 Å². The predicted molar refractivity (Wildman–Crippen MR) is 80.9 cm³/mol. The molecular weight excluding hydrogens is 268 g/mol. The third-order valence-corrected chi connectivity index (χ3v) is 2.76. The van der Waals surface area contributed by atoms with Crippen molar-refractivity contribution in [1.29, 1.82) is 0 Å². The molecule has 0 saturated heterocycles. The predicted octanol–water partition coefficient (Wildman–Crippen LogP) is 1.36. The third kappa shape index (κ3) is 6.89. The highest BCUT2D eigenvalue weighted by Crippen LogP contribution is 2.05. The molecule has 0 aromatic carbocycles. The van der Waals surface area contributed by atoms with E-state index in [1.165, 1.54) is 6.20 Å². The molecule has 0 atom stereocenters. The second kappa shape index (κ2) is 10.8. The number of carbonyl (C=O) groups excluding carboxylic acids is 1. The molecule has 0 fully saturated rings. The fourth-order valence-electron chi connectivity index (χ4n) is 1.65. The average Bonchev–Trinajstić information content (AvgIpc) is 2.52. The van der Waals surface area contributed by atoms with Crippen LogP contribution in [-0.4, -0.2) is 42.4 Å². The van der Waals surface area contributed by atoms with Crippen molar-refractivity contribution in [3.05, 3.63) is 29.6 Å². The van der Waals surface area contributed by atoms with Crippen molar-refractivity contribution in [2.24, 2.45) is 0 Å². The summed E-state index contributed by atoms with van der Waals surface area (Å²) in [5, 5.41) is 11.5. The molecule has 2 N–H and O–H groups in total. The molecule has 21 heavy (non-hydrogen) atoms. The number of unbranched alkanes of at least 4 members (excludes halogenated alkanes) is 1. The number of hydrogen-bond acceptors (Lipinski definition) is 4. The molecule has 0 aliphatic rings. The fraction of sp³-hybridized carbons (Fsp3) is 0.500. The second-order valence-corrected chi connectivity index (χ2v) is 4.46. The zero-order chi connectivity index (χ0) is 15.3. The summed E-state index contributed by atoms with van der Waals surface area (Å²) in [4.78, 5) is 16.0. The van der Waals surface area contributed by atoms with E-state index < -0.39 is 0 Å². The SMILES string of the molecule is CCCCOCCCNC(=O)c1ccncc1C#CCO. The molecule has 0 radical (unpaired) electrons. The van der Waals surface area contributed by atoms with E-state index in [0.29, 0.717) is 24.3 Å². The molecule has 0 aliphatic heterocycles. The van der Waals surface area contributed by atoms with Gasteiger partial charge in [-0.1, -0.05) is 25.2 Å². The summed E-state index contributed by atoms with van der Waals surface area (Å²) >= 11 is 0. The maximum Gasteiger partial charge on any atom is 0.252 e. The summed E-state index contributed by atoms with van der Waals surface area (Å²) in [6, 6.07) is 1.62. The first-order chi connectivity index (χ1) is 10.3. The van der Waals surface area contributed by atoms with Crippen LogP contribution in [0.15, 0.2) is 18.5 Å². The number of carbonyl (C=O) groups is 1. The Balaban J connectivity index is 2.38. The Morgan fingerprint density at radius 1 is 1.43 bits per heavy atom. The smallest absolute Gasteiger partial charge is 0.252 e. The van der Waals surface area contributed by atoms with Gasteiger partial charge in [0.15, 0.2) is 0 Å². The summed E-state index contributed by atoms with van der Waals surface area (Å²) in [6.45, 7) is 3.85. The molecule has 0 saturated carbocycles. The Bertz CT molecular complexity index is 492. The minimum Gasteiger partial charge on any atom is -0.384 e. The van der Waals surface area contributed by atoms with Crippen LogP contribution in [-0.2, 0) is 4.74 Å². The number of aliphatic hydroxyl groups excluding tert-OH is 1. The van der Waals surface area contributed by atoms with E-state index in [2.05, 4.69) is 29.1 Å². The number of hydrogen-bond donors (Lipinski definition) is 2. The summed E-state index contributed by atoms with van der Waals surface area (Å²) < 4.78 is 5.43. The quantitative estimate of drug-likeness (QED) is 0.560. The van der Waals surface area contributed by atoms with Gasteiger partial charge in [-0.05, 0) is 18.9 Å². The normalized spacial score (nSPS) is 9.81. The maximum absolute atomic E-state index is 12.1. The lowest BCUT2D eigenvalue weighted by molar-refractivity contribution is 0.0940. The largest absolute Gasteiger partial charge is 0.384 e. The van der Waals surface area contributed by atoms with Crippen LogP contribution in [0.4, 0.5) is 0 Å². The zero-order valence-corrected chi connectivity index (χ0v) is 12.4. The lowest BCUT2D eigenvalue weighted by Crippen LogP contribution is -2.26. The molecule has 1 rings (SSSR count). The molecule has 1 amide bonds. The number of ether oxygens (including phenoxy) is 1. The Labute approximate surface area is 125 Å². The number of nitrogens with one attached hydrogen (secondary N) is 1. The Morgan fingerprint density at radius 3 is 3.00 bits per heavy atom. The number of aliphatic hydroxyl groups is 1. The van der Waals surface area contributed by atoms with E-state index >= 15 is 0 Å². The van der Waals surface area contributed by atoms with Gasteiger partial charge in [0, 0.05) is 32.2 Å². The van der Waals surface area contributed by atoms with Gasteiger partial charge < -0.3 is 15.2 Å². The van der Waals surface area contributed by atoms with Crippen molar-refractivity contribution in [2.45, 2.75) is 26.2 Å². The van der Waals surface area contributed by atoms with Crippen molar-refractivity contribution in [2.75, 3.05) is 26.4 Å². The molecule has 1 aromatic rings. The van der Waals surface area contributed by atoms with Gasteiger partial charge in [0.2, 0.25) is 0 Å². The highest BCUT2D eigenvalue weighted by atomic mass is 16.5. The lowest BCUT2D eigenvalue weighted by Gasteiger charge is -2.07. The van der Waals surface area contributed by atoms with Crippen LogP contribution in [0.3, 0.4) is 0 Å². The zero-order valence-electron chi connectivity index (χ0n) is 12.4. The van der Waals surface area contributed by atoms with E-state index in [-0.39, 0.29) is 12.5 Å². The summed E-state index contributed by atoms with van der Waals surface area (Å²) in [6.07, 6.45) is 6.03. The molecule has 0 spiro atoms. The first kappa shape index (κ1) is 17.2. The molecule has 5 heteroatoms. The third-order valence-electron chi connectivity index (χ3n) is 2.76. The van der Waals surface area contributed by atoms with Crippen LogP contribution >= 0.6 is 0 Å². The monoisotopic (exact) mass is 290 g/mol. The molecule has 0 unspecified atom stereocenters. The van der Waals surface area contributed by atoms with Gasteiger partial charge in [-0.15, -0.1) is 0 Å². The minimum absolute atomic E-state index is 0.187. The summed E-state index contributed by atoms with van der Waals surface area (Å²) in [7, 11) is 0. The van der Waals surface area contributed by atoms with Crippen LogP contribution < -0.4 is 5.32 Å². The molecular formula is C16H22N2O3. The van der Waals surface area contributed by atoms with Gasteiger partial charge in [-0.2, -0.15) is 0 Å². The van der Waals surface area contributed by atoms with E-state index in [1.807, 2.05) is 0 Å². The van der Waals surface area contributed by atoms with E-state index in [9.17, 15) is 4.79 Å². The van der Waals surface area contributed by atoms with Gasteiger partial charge in [0.25, 0.3) is 5.91 Å². The number of pyridine rings is 1. The molecule has 1 heterocycles. The van der Waals surface area contributed by atoms with Crippen molar-refractivity contribution in [3.8, 4) is 11.8 Å². The number of rotatable bonds is 8. The molecule has 5 nitrogen and oxygen atoms in total. The van der Waals surface area contributed by atoms with Crippen LogP contribution in [0.25, 0.3) is 0 Å². The van der Waals surface area contributed by atoms with E-state index in [0.717, 1.165) is 25.9 Å². The summed E-state index contributed by atoms with van der Waals surface area (Å²) in [5.74, 6) is 5.06. The van der Waals surface area contributed by atoms with Gasteiger partial charge in [0.1, 0.15) is 6.61 Å².